The van der Waals surface area contributed by atoms with Crippen LogP contribution in [0.3, 0.4) is 0 Å². The Kier molecular flexibility index (Phi) is 5.21. The van der Waals surface area contributed by atoms with Gasteiger partial charge in [0.05, 0.1) is 12.3 Å². The summed E-state index contributed by atoms with van der Waals surface area (Å²) < 4.78 is 5.23. The van der Waals surface area contributed by atoms with Gasteiger partial charge >= 0.3 is 0 Å². The van der Waals surface area contributed by atoms with Crippen molar-refractivity contribution in [3.8, 4) is 5.75 Å². The van der Waals surface area contributed by atoms with Crippen molar-refractivity contribution in [3.63, 3.8) is 0 Å². The normalized spacial score (nSPS) is 17.4. The zero-order valence-corrected chi connectivity index (χ0v) is 14.1. The number of nitrogens with zero attached hydrogens (tertiary/aromatic N) is 1. The highest BCUT2D eigenvalue weighted by atomic mass is 35.5. The first-order valence-corrected chi connectivity index (χ1v) is 8.13. The third kappa shape index (κ3) is 4.10. The standard InChI is InChI=1S/C18H17ClN2O4/c19-13-6-7-16(22)14(8-13)20-18(24)15-10-25-11-17(23)21(15)9-12-4-2-1-3-5-12/h1-8,15,22H,9-11H2,(H,20,24)/t15-/m0/s1. The molecule has 0 spiro atoms. The molecule has 1 heterocycles. The lowest BCUT2D eigenvalue weighted by Crippen LogP contribution is -2.54. The fourth-order valence-electron chi connectivity index (χ4n) is 2.62. The van der Waals surface area contributed by atoms with Gasteiger partial charge in [-0.15, -0.1) is 0 Å². The Balaban J connectivity index is 1.78. The number of halogens is 1. The third-order valence-corrected chi connectivity index (χ3v) is 4.15. The molecule has 0 bridgehead atoms. The van der Waals surface area contributed by atoms with E-state index in [0.717, 1.165) is 5.56 Å². The first-order valence-electron chi connectivity index (χ1n) is 7.75. The molecule has 2 N–H and O–H groups in total. The molecule has 25 heavy (non-hydrogen) atoms. The second kappa shape index (κ2) is 7.55. The Bertz CT molecular complexity index is 782. The van der Waals surface area contributed by atoms with E-state index in [1.807, 2.05) is 30.3 Å². The van der Waals surface area contributed by atoms with Gasteiger partial charge in [0, 0.05) is 11.6 Å². The van der Waals surface area contributed by atoms with Crippen molar-refractivity contribution >= 4 is 29.1 Å². The van der Waals surface area contributed by atoms with E-state index in [2.05, 4.69) is 5.32 Å². The summed E-state index contributed by atoms with van der Waals surface area (Å²) in [5, 5.41) is 12.8. The van der Waals surface area contributed by atoms with Gasteiger partial charge in [-0.25, -0.2) is 0 Å². The third-order valence-electron chi connectivity index (χ3n) is 3.91. The fraction of sp³-hybridized carbons (Fsp3) is 0.222. The van der Waals surface area contributed by atoms with Crippen LogP contribution >= 0.6 is 11.6 Å². The molecule has 1 atom stereocenters. The summed E-state index contributed by atoms with van der Waals surface area (Å²) >= 11 is 5.89. The van der Waals surface area contributed by atoms with Crippen LogP contribution in [0.25, 0.3) is 0 Å². The summed E-state index contributed by atoms with van der Waals surface area (Å²) in [5.41, 5.74) is 1.11. The van der Waals surface area contributed by atoms with E-state index in [-0.39, 0.29) is 30.6 Å². The number of hydrogen-bond donors (Lipinski definition) is 2. The Morgan fingerprint density at radius 3 is 2.80 bits per heavy atom. The maximum atomic E-state index is 12.6. The number of aromatic hydroxyl groups is 1. The molecule has 6 nitrogen and oxygen atoms in total. The fourth-order valence-corrected chi connectivity index (χ4v) is 2.80. The zero-order chi connectivity index (χ0) is 17.8. The molecule has 0 saturated carbocycles. The average Bonchev–Trinajstić information content (AvgIpc) is 2.61. The van der Waals surface area contributed by atoms with Crippen LogP contribution in [0.15, 0.2) is 48.5 Å². The number of hydrogen-bond acceptors (Lipinski definition) is 4. The second-order valence-corrected chi connectivity index (χ2v) is 6.13. The molecular formula is C18H17ClN2O4. The molecule has 130 valence electrons. The zero-order valence-electron chi connectivity index (χ0n) is 13.3. The summed E-state index contributed by atoms with van der Waals surface area (Å²) in [4.78, 5) is 26.4. The molecule has 1 fully saturated rings. The van der Waals surface area contributed by atoms with Crippen molar-refractivity contribution in [2.45, 2.75) is 12.6 Å². The molecule has 3 rings (SSSR count). The van der Waals surface area contributed by atoms with Crippen LogP contribution in [0.5, 0.6) is 5.75 Å². The summed E-state index contributed by atoms with van der Waals surface area (Å²) in [6, 6.07) is 13.0. The Hall–Kier alpha value is -2.57. The van der Waals surface area contributed by atoms with Gasteiger partial charge in [0.25, 0.3) is 0 Å². The molecule has 1 aliphatic rings. The van der Waals surface area contributed by atoms with Gasteiger partial charge in [-0.3, -0.25) is 9.59 Å². The molecular weight excluding hydrogens is 344 g/mol. The number of phenols is 1. The van der Waals surface area contributed by atoms with Crippen LogP contribution in [0.2, 0.25) is 5.02 Å². The number of morpholine rings is 1. The molecule has 2 aromatic carbocycles. The maximum Gasteiger partial charge on any atom is 0.249 e. The molecule has 0 aromatic heterocycles. The quantitative estimate of drug-likeness (QED) is 0.821. The van der Waals surface area contributed by atoms with E-state index in [9.17, 15) is 14.7 Å². The van der Waals surface area contributed by atoms with Gasteiger partial charge in [0.1, 0.15) is 18.4 Å². The Morgan fingerprint density at radius 1 is 1.28 bits per heavy atom. The van der Waals surface area contributed by atoms with Crippen LogP contribution in [0.4, 0.5) is 5.69 Å². The predicted octanol–water partition coefficient (Wildman–Crippen LogP) is 2.41. The molecule has 0 radical (unpaired) electrons. The molecule has 7 heteroatoms. The average molecular weight is 361 g/mol. The summed E-state index contributed by atoms with van der Waals surface area (Å²) in [6.07, 6.45) is 0. The monoisotopic (exact) mass is 360 g/mol. The Labute approximate surface area is 150 Å². The van der Waals surface area contributed by atoms with Crippen molar-refractivity contribution in [2.75, 3.05) is 18.5 Å². The van der Waals surface area contributed by atoms with Crippen LogP contribution in [-0.4, -0.2) is 41.1 Å². The minimum absolute atomic E-state index is 0.0565. The lowest BCUT2D eigenvalue weighted by Gasteiger charge is -2.34. The highest BCUT2D eigenvalue weighted by Crippen LogP contribution is 2.27. The number of amides is 2. The van der Waals surface area contributed by atoms with Gasteiger partial charge in [-0.2, -0.15) is 0 Å². The number of phenolic OH excluding ortho intramolecular Hbond substituents is 1. The molecule has 1 saturated heterocycles. The van der Waals surface area contributed by atoms with Gasteiger partial charge in [0.15, 0.2) is 0 Å². The van der Waals surface area contributed by atoms with E-state index < -0.39 is 11.9 Å². The molecule has 2 amide bonds. The SMILES string of the molecule is O=C(Nc1cc(Cl)ccc1O)[C@@H]1COCC(=O)N1Cc1ccccc1. The van der Waals surface area contributed by atoms with Gasteiger partial charge in [0.2, 0.25) is 11.8 Å². The summed E-state index contributed by atoms with van der Waals surface area (Å²) in [5.74, 6) is -0.803. The summed E-state index contributed by atoms with van der Waals surface area (Å²) in [6.45, 7) is 0.341. The Morgan fingerprint density at radius 2 is 2.04 bits per heavy atom. The number of rotatable bonds is 4. The van der Waals surface area contributed by atoms with Crippen molar-refractivity contribution in [1.82, 2.24) is 4.90 Å². The number of ether oxygens (including phenoxy) is 1. The van der Waals surface area contributed by atoms with E-state index >= 15 is 0 Å². The van der Waals surface area contributed by atoms with Crippen LogP contribution in [-0.2, 0) is 20.9 Å². The number of nitrogens with one attached hydrogen (secondary N) is 1. The van der Waals surface area contributed by atoms with Gasteiger partial charge < -0.3 is 20.1 Å². The number of benzene rings is 2. The smallest absolute Gasteiger partial charge is 0.249 e. The van der Waals surface area contributed by atoms with E-state index in [1.165, 1.54) is 23.1 Å². The summed E-state index contributed by atoms with van der Waals surface area (Å²) in [7, 11) is 0. The van der Waals surface area contributed by atoms with Crippen LogP contribution < -0.4 is 5.32 Å². The van der Waals surface area contributed by atoms with E-state index in [4.69, 9.17) is 16.3 Å². The minimum Gasteiger partial charge on any atom is -0.506 e. The van der Waals surface area contributed by atoms with Crippen molar-refractivity contribution < 1.29 is 19.4 Å². The van der Waals surface area contributed by atoms with Gasteiger partial charge in [-0.05, 0) is 23.8 Å². The highest BCUT2D eigenvalue weighted by molar-refractivity contribution is 6.31. The molecule has 0 unspecified atom stereocenters. The van der Waals surface area contributed by atoms with Gasteiger partial charge in [-0.1, -0.05) is 41.9 Å². The lowest BCUT2D eigenvalue weighted by molar-refractivity contribution is -0.154. The maximum absolute atomic E-state index is 12.6. The van der Waals surface area contributed by atoms with Crippen molar-refractivity contribution in [1.29, 1.82) is 0 Å². The lowest BCUT2D eigenvalue weighted by atomic mass is 10.1. The second-order valence-electron chi connectivity index (χ2n) is 5.69. The first kappa shape index (κ1) is 17.3. The van der Waals surface area contributed by atoms with E-state index in [1.54, 1.807) is 0 Å². The van der Waals surface area contributed by atoms with Crippen molar-refractivity contribution in [3.05, 3.63) is 59.1 Å². The molecule has 0 aliphatic carbocycles. The number of carbonyl (C=O) groups is 2. The number of carbonyl (C=O) groups excluding carboxylic acids is 2. The first-order chi connectivity index (χ1) is 12.0. The molecule has 1 aliphatic heterocycles. The number of anilines is 1. The van der Waals surface area contributed by atoms with Crippen LogP contribution in [0.1, 0.15) is 5.56 Å². The van der Waals surface area contributed by atoms with Crippen LogP contribution in [0, 0.1) is 0 Å². The highest BCUT2D eigenvalue weighted by Gasteiger charge is 2.34. The topological polar surface area (TPSA) is 78.9 Å². The van der Waals surface area contributed by atoms with E-state index in [0.29, 0.717) is 11.6 Å². The minimum atomic E-state index is -0.792. The van der Waals surface area contributed by atoms with Crippen molar-refractivity contribution in [2.24, 2.45) is 0 Å². The molecule has 2 aromatic rings. The predicted molar refractivity (Wildman–Crippen MR) is 93.3 cm³/mol. The largest absolute Gasteiger partial charge is 0.506 e.